The number of nitrogens with zero attached hydrogens (tertiary/aromatic N) is 10. The summed E-state index contributed by atoms with van der Waals surface area (Å²) in [7, 11) is 19.5. The van der Waals surface area contributed by atoms with Crippen LogP contribution in [0.1, 0.15) is 60.8 Å². The lowest BCUT2D eigenvalue weighted by molar-refractivity contribution is 0.250. The molecule has 0 radical (unpaired) electrons. The molecule has 0 N–H and O–H groups in total. The first-order valence-electron chi connectivity index (χ1n) is 19.0. The predicted octanol–water partition coefficient (Wildman–Crippen LogP) is 4.23. The van der Waals surface area contributed by atoms with Crippen LogP contribution in [0.5, 0.6) is 0 Å². The second-order valence-corrected chi connectivity index (χ2v) is 17.6. The molecule has 0 fully saturated rings. The zero-order valence-electron chi connectivity index (χ0n) is 35.4. The zero-order valence-corrected chi connectivity index (χ0v) is 35.4. The monoisotopic (exact) mass is 693 g/mol. The Morgan fingerprint density at radius 3 is 0.837 bits per heavy atom. The number of hydrogen-bond donors (Lipinski definition) is 0. The van der Waals surface area contributed by atoms with E-state index in [1.165, 1.54) is 19.3 Å². The highest BCUT2D eigenvalue weighted by atomic mass is 15.2. The van der Waals surface area contributed by atoms with Crippen LogP contribution < -0.4 is 0 Å². The maximum absolute atomic E-state index is 4.92. The summed E-state index contributed by atoms with van der Waals surface area (Å²) in [6.07, 6.45) is 10.1. The molecule has 10 nitrogen and oxygen atoms in total. The molecule has 0 saturated heterocycles. The number of rotatable bonds is 30. The topological polar surface area (TPSA) is 59.8 Å². The summed E-state index contributed by atoms with van der Waals surface area (Å²) in [5, 5.41) is 0. The van der Waals surface area contributed by atoms with Crippen LogP contribution in [-0.2, 0) is 0 Å². The molecule has 0 atom stereocenters. The summed E-state index contributed by atoms with van der Waals surface area (Å²) < 4.78 is 0. The van der Waals surface area contributed by atoms with E-state index in [4.69, 9.17) is 15.0 Å². The maximum Gasteiger partial charge on any atom is 0.0513 e. The van der Waals surface area contributed by atoms with E-state index in [1.807, 2.05) is 0 Å². The normalized spacial score (nSPS) is 14.1. The first kappa shape index (κ1) is 47.7. The maximum atomic E-state index is 4.92. The van der Waals surface area contributed by atoms with Crippen LogP contribution in [-0.4, -0.2) is 215 Å². The standard InChI is InChI=1S/C39H84N10/c1-37(2,34-46(13)25-16-22-43(7)8)31-40-19-28-49(29-20-41-32-38(3,4)35-47(14)26-17-23-44(9)10)30-21-42-33-39(5,6)36-48(15)27-18-24-45(11)12/h31-33H,16-30,34-36H2,1-15H3. The van der Waals surface area contributed by atoms with E-state index in [9.17, 15) is 0 Å². The van der Waals surface area contributed by atoms with Crippen molar-refractivity contribution in [2.24, 2.45) is 31.2 Å². The van der Waals surface area contributed by atoms with Gasteiger partial charge in [-0.2, -0.15) is 0 Å². The Balaban J connectivity index is 5.17. The third kappa shape index (κ3) is 30.1. The van der Waals surface area contributed by atoms with Crippen molar-refractivity contribution in [3.05, 3.63) is 0 Å². The van der Waals surface area contributed by atoms with Crippen molar-refractivity contribution in [2.45, 2.75) is 60.8 Å². The van der Waals surface area contributed by atoms with Crippen molar-refractivity contribution in [3.63, 3.8) is 0 Å². The van der Waals surface area contributed by atoms with Gasteiger partial charge in [-0.25, -0.2) is 0 Å². The summed E-state index contributed by atoms with van der Waals surface area (Å²) in [6.45, 7) is 28.7. The van der Waals surface area contributed by atoms with Gasteiger partial charge in [0, 0.05) is 74.2 Å². The lowest BCUT2D eigenvalue weighted by atomic mass is 9.94. The summed E-state index contributed by atoms with van der Waals surface area (Å²) >= 11 is 0. The molecule has 49 heavy (non-hydrogen) atoms. The average Bonchev–Trinajstić information content (AvgIpc) is 2.93. The van der Waals surface area contributed by atoms with Crippen LogP contribution in [0.4, 0.5) is 0 Å². The predicted molar refractivity (Wildman–Crippen MR) is 220 cm³/mol. The van der Waals surface area contributed by atoms with Crippen LogP contribution in [0, 0.1) is 16.2 Å². The van der Waals surface area contributed by atoms with E-state index in [0.717, 1.165) is 98.2 Å². The van der Waals surface area contributed by atoms with Gasteiger partial charge in [-0.15, -0.1) is 0 Å². The lowest BCUT2D eigenvalue weighted by Gasteiger charge is -2.28. The first-order chi connectivity index (χ1) is 22.7. The molecule has 0 aromatic carbocycles. The largest absolute Gasteiger partial charge is 0.309 e. The number of hydrogen-bond acceptors (Lipinski definition) is 10. The van der Waals surface area contributed by atoms with Crippen molar-refractivity contribution < 1.29 is 0 Å². The van der Waals surface area contributed by atoms with Gasteiger partial charge in [-0.05, 0) is 122 Å². The van der Waals surface area contributed by atoms with Crippen LogP contribution in [0.25, 0.3) is 0 Å². The molecule has 0 saturated carbocycles. The third-order valence-corrected chi connectivity index (χ3v) is 8.43. The van der Waals surface area contributed by atoms with Gasteiger partial charge in [-0.1, -0.05) is 41.5 Å². The third-order valence-electron chi connectivity index (χ3n) is 8.43. The molecule has 0 heterocycles. The Morgan fingerprint density at radius 2 is 0.612 bits per heavy atom. The fourth-order valence-corrected chi connectivity index (χ4v) is 6.29. The van der Waals surface area contributed by atoms with Crippen molar-refractivity contribution in [1.29, 1.82) is 0 Å². The fraction of sp³-hybridized carbons (Fsp3) is 0.923. The Kier molecular flexibility index (Phi) is 25.0. The molecule has 10 heteroatoms. The SMILES string of the molecule is CN(C)CCCN(C)CC(C)(C)C=NCCN(CCN=CC(C)(C)CN(C)CCCN(C)C)CCN=CC(C)(C)CN(C)CCCN(C)C. The van der Waals surface area contributed by atoms with Crippen molar-refractivity contribution in [1.82, 2.24) is 34.3 Å². The second-order valence-electron chi connectivity index (χ2n) is 17.6. The molecule has 0 unspecified atom stereocenters. The van der Waals surface area contributed by atoms with Gasteiger partial charge >= 0.3 is 0 Å². The second kappa shape index (κ2) is 25.6. The molecular weight excluding hydrogens is 608 g/mol. The Morgan fingerprint density at radius 1 is 0.367 bits per heavy atom. The Bertz CT molecular complexity index is 780. The fourth-order valence-electron chi connectivity index (χ4n) is 6.29. The highest BCUT2D eigenvalue weighted by Gasteiger charge is 2.20. The van der Waals surface area contributed by atoms with Gasteiger partial charge in [0.15, 0.2) is 0 Å². The van der Waals surface area contributed by atoms with Gasteiger partial charge in [0.25, 0.3) is 0 Å². The van der Waals surface area contributed by atoms with Crippen molar-refractivity contribution in [2.75, 3.05) is 162 Å². The molecule has 0 aliphatic heterocycles. The van der Waals surface area contributed by atoms with Crippen molar-refractivity contribution >= 4 is 18.6 Å². The first-order valence-corrected chi connectivity index (χ1v) is 19.0. The molecule has 0 aromatic heterocycles. The van der Waals surface area contributed by atoms with E-state index in [0.29, 0.717) is 0 Å². The molecule has 0 rings (SSSR count). The van der Waals surface area contributed by atoms with Gasteiger partial charge in [-0.3, -0.25) is 19.9 Å². The lowest BCUT2D eigenvalue weighted by Crippen LogP contribution is -2.35. The van der Waals surface area contributed by atoms with Crippen LogP contribution in [0.3, 0.4) is 0 Å². The molecule has 0 amide bonds. The molecule has 290 valence electrons. The summed E-state index contributed by atoms with van der Waals surface area (Å²) in [5.74, 6) is 0. The smallest absolute Gasteiger partial charge is 0.0513 e. The van der Waals surface area contributed by atoms with Gasteiger partial charge in [0.05, 0.1) is 19.6 Å². The van der Waals surface area contributed by atoms with Crippen LogP contribution >= 0.6 is 0 Å². The molecular formula is C39H84N10. The minimum atomic E-state index is 0.0443. The van der Waals surface area contributed by atoms with Crippen LogP contribution in [0.15, 0.2) is 15.0 Å². The van der Waals surface area contributed by atoms with Gasteiger partial charge < -0.3 is 29.4 Å². The van der Waals surface area contributed by atoms with Gasteiger partial charge in [0.1, 0.15) is 0 Å². The average molecular weight is 693 g/mol. The molecule has 0 aliphatic carbocycles. The van der Waals surface area contributed by atoms with E-state index in [-0.39, 0.29) is 16.2 Å². The zero-order chi connectivity index (χ0) is 37.5. The van der Waals surface area contributed by atoms with Gasteiger partial charge in [0.2, 0.25) is 0 Å². The highest BCUT2D eigenvalue weighted by Crippen LogP contribution is 2.16. The summed E-state index contributed by atoms with van der Waals surface area (Å²) in [5.41, 5.74) is 0.133. The van der Waals surface area contributed by atoms with Crippen LogP contribution in [0.2, 0.25) is 0 Å². The van der Waals surface area contributed by atoms with E-state index in [1.54, 1.807) is 0 Å². The minimum Gasteiger partial charge on any atom is -0.309 e. The number of aliphatic imine (C=N–C) groups is 3. The van der Waals surface area contributed by atoms with Crippen molar-refractivity contribution in [3.8, 4) is 0 Å². The Hall–Kier alpha value is -1.27. The van der Waals surface area contributed by atoms with E-state index < -0.39 is 0 Å². The minimum absolute atomic E-state index is 0.0443. The Labute approximate surface area is 306 Å². The quantitative estimate of drug-likeness (QED) is 0.105. The van der Waals surface area contributed by atoms with E-state index in [2.05, 4.69) is 158 Å². The summed E-state index contributed by atoms with van der Waals surface area (Å²) in [6, 6.07) is 0. The molecule has 0 aromatic rings. The molecule has 0 bridgehead atoms. The molecule has 0 spiro atoms. The molecule has 0 aliphatic rings. The van der Waals surface area contributed by atoms with E-state index >= 15 is 0 Å². The summed E-state index contributed by atoms with van der Waals surface area (Å²) in [4.78, 5) is 31.3. The highest BCUT2D eigenvalue weighted by molar-refractivity contribution is 5.65.